The summed E-state index contributed by atoms with van der Waals surface area (Å²) < 4.78 is 0. The molecule has 1 aliphatic heterocycles. The molecule has 0 aromatic rings. The second-order valence-corrected chi connectivity index (χ2v) is 3.50. The summed E-state index contributed by atoms with van der Waals surface area (Å²) in [5.41, 5.74) is 0. The molecule has 1 rings (SSSR count). The van der Waals surface area contributed by atoms with Gasteiger partial charge >= 0.3 is 6.03 Å². The van der Waals surface area contributed by atoms with Gasteiger partial charge in [-0.25, -0.2) is 4.79 Å². The van der Waals surface area contributed by atoms with E-state index in [0.717, 1.165) is 12.8 Å². The Hall–Kier alpha value is -0.810. The minimum absolute atomic E-state index is 0.270. The molecule has 1 aliphatic rings. The van der Waals surface area contributed by atoms with E-state index in [-0.39, 0.29) is 6.03 Å². The van der Waals surface area contributed by atoms with Crippen LogP contribution in [0.3, 0.4) is 0 Å². The molecule has 1 heterocycles. The molecule has 1 fully saturated rings. The number of carbonyl (C=O) groups is 1. The van der Waals surface area contributed by atoms with Gasteiger partial charge in [0.2, 0.25) is 0 Å². The summed E-state index contributed by atoms with van der Waals surface area (Å²) in [5, 5.41) is 19.1. The van der Waals surface area contributed by atoms with Crippen molar-refractivity contribution in [1.82, 2.24) is 9.80 Å². The Kier molecular flexibility index (Phi) is 3.71. The quantitative estimate of drug-likeness (QED) is 0.683. The lowest BCUT2D eigenvalue weighted by Gasteiger charge is -2.17. The van der Waals surface area contributed by atoms with Gasteiger partial charge in [-0.2, -0.15) is 0 Å². The smallest absolute Gasteiger partial charge is 0.324 e. The molecule has 0 spiro atoms. The van der Waals surface area contributed by atoms with Crippen LogP contribution in [-0.2, 0) is 0 Å². The average Bonchev–Trinajstić information content (AvgIpc) is 2.36. The standard InChI is InChI=1S/C9H18N2O3/c1-3-5-10-7(12)8(13)11(6-4-2)9(10)14/h7-8,12-13H,3-6H2,1-2H3. The number of hydrogen-bond acceptors (Lipinski definition) is 3. The van der Waals surface area contributed by atoms with Gasteiger partial charge in [0, 0.05) is 13.1 Å². The molecule has 82 valence electrons. The Morgan fingerprint density at radius 3 is 1.71 bits per heavy atom. The van der Waals surface area contributed by atoms with Crippen molar-refractivity contribution >= 4 is 6.03 Å². The van der Waals surface area contributed by atoms with Gasteiger partial charge in [0.25, 0.3) is 0 Å². The summed E-state index contributed by atoms with van der Waals surface area (Å²) in [6, 6.07) is -0.270. The van der Waals surface area contributed by atoms with Crippen LogP contribution in [0.4, 0.5) is 4.79 Å². The number of aliphatic hydroxyl groups excluding tert-OH is 2. The lowest BCUT2D eigenvalue weighted by molar-refractivity contribution is -0.0659. The highest BCUT2D eigenvalue weighted by Gasteiger charge is 2.42. The van der Waals surface area contributed by atoms with Gasteiger partial charge in [0.1, 0.15) is 0 Å². The fourth-order valence-corrected chi connectivity index (χ4v) is 1.65. The van der Waals surface area contributed by atoms with Crippen molar-refractivity contribution in [2.75, 3.05) is 13.1 Å². The van der Waals surface area contributed by atoms with Gasteiger partial charge in [-0.3, -0.25) is 9.80 Å². The van der Waals surface area contributed by atoms with Crippen LogP contribution in [0.2, 0.25) is 0 Å². The van der Waals surface area contributed by atoms with E-state index in [1.165, 1.54) is 9.80 Å². The SMILES string of the molecule is CCCN1C(=O)N(CCC)C(O)C1O. The first kappa shape index (κ1) is 11.3. The van der Waals surface area contributed by atoms with Crippen molar-refractivity contribution in [2.24, 2.45) is 0 Å². The molecular weight excluding hydrogens is 184 g/mol. The van der Waals surface area contributed by atoms with E-state index >= 15 is 0 Å². The number of urea groups is 1. The molecule has 14 heavy (non-hydrogen) atoms. The van der Waals surface area contributed by atoms with Crippen LogP contribution in [0.25, 0.3) is 0 Å². The van der Waals surface area contributed by atoms with Gasteiger partial charge < -0.3 is 10.2 Å². The third kappa shape index (κ3) is 1.83. The van der Waals surface area contributed by atoms with Crippen LogP contribution in [0, 0.1) is 0 Å². The van der Waals surface area contributed by atoms with E-state index in [2.05, 4.69) is 0 Å². The van der Waals surface area contributed by atoms with Gasteiger partial charge in [-0.15, -0.1) is 0 Å². The lowest BCUT2D eigenvalue weighted by atomic mass is 10.4. The van der Waals surface area contributed by atoms with E-state index in [1.54, 1.807) is 0 Å². The molecule has 0 aromatic carbocycles. The highest BCUT2D eigenvalue weighted by molar-refractivity contribution is 5.77. The third-order valence-corrected chi connectivity index (χ3v) is 2.33. The van der Waals surface area contributed by atoms with Crippen molar-refractivity contribution < 1.29 is 15.0 Å². The maximum Gasteiger partial charge on any atom is 0.324 e. The molecule has 2 amide bonds. The van der Waals surface area contributed by atoms with E-state index in [9.17, 15) is 15.0 Å². The second-order valence-electron chi connectivity index (χ2n) is 3.50. The summed E-state index contributed by atoms with van der Waals surface area (Å²) in [6.45, 7) is 4.82. The first-order valence-corrected chi connectivity index (χ1v) is 5.06. The van der Waals surface area contributed by atoms with Crippen molar-refractivity contribution in [1.29, 1.82) is 0 Å². The average molecular weight is 202 g/mol. The molecule has 5 heteroatoms. The van der Waals surface area contributed by atoms with Crippen molar-refractivity contribution in [2.45, 2.75) is 39.1 Å². The van der Waals surface area contributed by atoms with Crippen molar-refractivity contribution in [3.05, 3.63) is 0 Å². The van der Waals surface area contributed by atoms with Gasteiger partial charge in [0.15, 0.2) is 12.5 Å². The first-order valence-electron chi connectivity index (χ1n) is 5.06. The van der Waals surface area contributed by atoms with E-state index in [1.807, 2.05) is 13.8 Å². The maximum absolute atomic E-state index is 11.6. The van der Waals surface area contributed by atoms with Crippen LogP contribution < -0.4 is 0 Å². The molecular formula is C9H18N2O3. The lowest BCUT2D eigenvalue weighted by Crippen LogP contribution is -2.37. The Morgan fingerprint density at radius 1 is 1.07 bits per heavy atom. The third-order valence-electron chi connectivity index (χ3n) is 2.33. The maximum atomic E-state index is 11.6. The Bertz CT molecular complexity index is 190. The van der Waals surface area contributed by atoms with E-state index in [4.69, 9.17) is 0 Å². The zero-order valence-corrected chi connectivity index (χ0v) is 8.68. The molecule has 0 bridgehead atoms. The van der Waals surface area contributed by atoms with Crippen LogP contribution in [0.15, 0.2) is 0 Å². The van der Waals surface area contributed by atoms with Gasteiger partial charge in [0.05, 0.1) is 0 Å². The van der Waals surface area contributed by atoms with Crippen LogP contribution >= 0.6 is 0 Å². The minimum Gasteiger partial charge on any atom is -0.369 e. The number of rotatable bonds is 4. The molecule has 2 N–H and O–H groups in total. The fourth-order valence-electron chi connectivity index (χ4n) is 1.65. The van der Waals surface area contributed by atoms with Crippen molar-refractivity contribution in [3.63, 3.8) is 0 Å². The number of carbonyl (C=O) groups excluding carboxylic acids is 1. The van der Waals surface area contributed by atoms with Crippen LogP contribution in [-0.4, -0.2) is 51.6 Å². The van der Waals surface area contributed by atoms with Gasteiger partial charge in [-0.1, -0.05) is 13.8 Å². The molecule has 2 atom stereocenters. The number of nitrogens with zero attached hydrogens (tertiary/aromatic N) is 2. The minimum atomic E-state index is -1.08. The van der Waals surface area contributed by atoms with E-state index < -0.39 is 12.5 Å². The Balaban J connectivity index is 2.69. The molecule has 0 aromatic heterocycles. The summed E-state index contributed by atoms with van der Waals surface area (Å²) in [5.74, 6) is 0. The monoisotopic (exact) mass is 202 g/mol. The zero-order chi connectivity index (χ0) is 10.7. The first-order chi connectivity index (χ1) is 6.63. The number of hydrogen-bond donors (Lipinski definition) is 2. The highest BCUT2D eigenvalue weighted by atomic mass is 16.4. The van der Waals surface area contributed by atoms with Crippen LogP contribution in [0.1, 0.15) is 26.7 Å². The molecule has 0 aliphatic carbocycles. The Labute approximate surface area is 83.9 Å². The topological polar surface area (TPSA) is 64.0 Å². The number of amides is 2. The predicted molar refractivity (Wildman–Crippen MR) is 51.4 cm³/mol. The molecule has 2 unspecified atom stereocenters. The summed E-state index contributed by atoms with van der Waals surface area (Å²) in [7, 11) is 0. The second kappa shape index (κ2) is 4.61. The molecule has 0 radical (unpaired) electrons. The summed E-state index contributed by atoms with van der Waals surface area (Å²) in [6.07, 6.45) is -0.603. The largest absolute Gasteiger partial charge is 0.369 e. The molecule has 1 saturated heterocycles. The summed E-state index contributed by atoms with van der Waals surface area (Å²) in [4.78, 5) is 14.2. The fraction of sp³-hybridized carbons (Fsp3) is 0.889. The predicted octanol–water partition coefficient (Wildman–Crippen LogP) is 0.181. The molecule has 0 saturated carbocycles. The van der Waals surface area contributed by atoms with Crippen LogP contribution in [0.5, 0.6) is 0 Å². The summed E-state index contributed by atoms with van der Waals surface area (Å²) >= 11 is 0. The normalized spacial score (nSPS) is 27.6. The van der Waals surface area contributed by atoms with E-state index in [0.29, 0.717) is 13.1 Å². The zero-order valence-electron chi connectivity index (χ0n) is 8.68. The highest BCUT2D eigenvalue weighted by Crippen LogP contribution is 2.19. The molecule has 5 nitrogen and oxygen atoms in total. The Morgan fingerprint density at radius 2 is 1.43 bits per heavy atom. The van der Waals surface area contributed by atoms with Gasteiger partial charge in [-0.05, 0) is 12.8 Å². The van der Waals surface area contributed by atoms with Crippen molar-refractivity contribution in [3.8, 4) is 0 Å². The number of aliphatic hydroxyl groups is 2.